The van der Waals surface area contributed by atoms with Crippen molar-refractivity contribution in [3.8, 4) is 0 Å². The SMILES string of the molecule is CNC(c1ccc(CN)cc1)c1cccs1. The van der Waals surface area contributed by atoms with Crippen molar-refractivity contribution in [2.24, 2.45) is 5.73 Å². The van der Waals surface area contributed by atoms with Crippen molar-refractivity contribution in [2.75, 3.05) is 7.05 Å². The Morgan fingerprint density at radius 2 is 2.00 bits per heavy atom. The van der Waals surface area contributed by atoms with Crippen molar-refractivity contribution in [3.63, 3.8) is 0 Å². The third-order valence-corrected chi connectivity index (χ3v) is 3.60. The molecule has 1 aromatic carbocycles. The topological polar surface area (TPSA) is 38.0 Å². The van der Waals surface area contributed by atoms with Crippen LogP contribution >= 0.6 is 11.3 Å². The van der Waals surface area contributed by atoms with E-state index in [1.165, 1.54) is 16.0 Å². The van der Waals surface area contributed by atoms with Crippen molar-refractivity contribution in [3.05, 3.63) is 57.8 Å². The summed E-state index contributed by atoms with van der Waals surface area (Å²) in [7, 11) is 1.99. The van der Waals surface area contributed by atoms with E-state index in [0.29, 0.717) is 6.54 Å². The predicted octanol–water partition coefficient (Wildman–Crippen LogP) is 2.52. The summed E-state index contributed by atoms with van der Waals surface area (Å²) in [5.74, 6) is 0. The lowest BCUT2D eigenvalue weighted by molar-refractivity contribution is 0.703. The molecule has 1 unspecified atom stereocenters. The summed E-state index contributed by atoms with van der Waals surface area (Å²) in [4.78, 5) is 1.34. The molecule has 0 spiro atoms. The van der Waals surface area contributed by atoms with Crippen LogP contribution in [0.4, 0.5) is 0 Å². The van der Waals surface area contributed by atoms with E-state index in [1.807, 2.05) is 7.05 Å². The first-order valence-corrected chi connectivity index (χ1v) is 6.22. The molecule has 1 aromatic heterocycles. The van der Waals surface area contributed by atoms with Crippen molar-refractivity contribution in [2.45, 2.75) is 12.6 Å². The van der Waals surface area contributed by atoms with Gasteiger partial charge in [0.05, 0.1) is 6.04 Å². The number of hydrogen-bond acceptors (Lipinski definition) is 3. The highest BCUT2D eigenvalue weighted by atomic mass is 32.1. The summed E-state index contributed by atoms with van der Waals surface area (Å²) in [6.45, 7) is 0.601. The standard InChI is InChI=1S/C13H16N2S/c1-15-13(12-3-2-8-16-12)11-6-4-10(9-14)5-7-11/h2-8,13,15H,9,14H2,1H3. The Morgan fingerprint density at radius 1 is 1.25 bits per heavy atom. The molecule has 0 radical (unpaired) electrons. The zero-order chi connectivity index (χ0) is 11.4. The largest absolute Gasteiger partial charge is 0.326 e. The van der Waals surface area contributed by atoms with Gasteiger partial charge in [-0.25, -0.2) is 0 Å². The molecule has 0 fully saturated rings. The zero-order valence-electron chi connectivity index (χ0n) is 9.31. The van der Waals surface area contributed by atoms with Gasteiger partial charge in [-0.05, 0) is 29.6 Å². The Bertz CT molecular complexity index is 420. The Hall–Kier alpha value is -1.16. The molecule has 0 aliphatic carbocycles. The Balaban J connectivity index is 2.27. The highest BCUT2D eigenvalue weighted by Crippen LogP contribution is 2.25. The second-order valence-electron chi connectivity index (χ2n) is 3.68. The van der Waals surface area contributed by atoms with Crippen LogP contribution in [0.15, 0.2) is 41.8 Å². The molecule has 2 aromatic rings. The first kappa shape index (κ1) is 11.3. The van der Waals surface area contributed by atoms with E-state index in [9.17, 15) is 0 Å². The van der Waals surface area contributed by atoms with Crippen molar-refractivity contribution < 1.29 is 0 Å². The van der Waals surface area contributed by atoms with E-state index in [4.69, 9.17) is 5.73 Å². The lowest BCUT2D eigenvalue weighted by atomic mass is 10.0. The fourth-order valence-electron chi connectivity index (χ4n) is 1.77. The molecule has 16 heavy (non-hydrogen) atoms. The number of rotatable bonds is 4. The maximum atomic E-state index is 5.59. The van der Waals surface area contributed by atoms with Crippen LogP contribution in [0.5, 0.6) is 0 Å². The summed E-state index contributed by atoms with van der Waals surface area (Å²) < 4.78 is 0. The summed E-state index contributed by atoms with van der Waals surface area (Å²) in [6, 6.07) is 13.0. The van der Waals surface area contributed by atoms with E-state index in [1.54, 1.807) is 11.3 Å². The van der Waals surface area contributed by atoms with Crippen LogP contribution < -0.4 is 11.1 Å². The van der Waals surface area contributed by atoms with Crippen molar-refractivity contribution in [1.82, 2.24) is 5.32 Å². The first-order valence-electron chi connectivity index (χ1n) is 5.34. The number of thiophene rings is 1. The smallest absolute Gasteiger partial charge is 0.0668 e. The van der Waals surface area contributed by atoms with Gasteiger partial charge in [-0.1, -0.05) is 30.3 Å². The van der Waals surface area contributed by atoms with Gasteiger partial charge in [-0.3, -0.25) is 0 Å². The minimum absolute atomic E-state index is 0.284. The monoisotopic (exact) mass is 232 g/mol. The molecule has 2 rings (SSSR count). The molecule has 0 bridgehead atoms. The first-order chi connectivity index (χ1) is 7.85. The minimum Gasteiger partial charge on any atom is -0.326 e. The number of hydrogen-bond donors (Lipinski definition) is 2. The lowest BCUT2D eigenvalue weighted by Gasteiger charge is -2.15. The average molecular weight is 232 g/mol. The average Bonchev–Trinajstić information content (AvgIpc) is 2.85. The van der Waals surface area contributed by atoms with Crippen LogP contribution in [0.2, 0.25) is 0 Å². The second kappa shape index (κ2) is 5.25. The maximum Gasteiger partial charge on any atom is 0.0668 e. The fraction of sp³-hybridized carbons (Fsp3) is 0.231. The van der Waals surface area contributed by atoms with Gasteiger partial charge in [-0.15, -0.1) is 11.3 Å². The molecule has 2 nitrogen and oxygen atoms in total. The third kappa shape index (κ3) is 2.32. The van der Waals surface area contributed by atoms with Gasteiger partial charge in [0.2, 0.25) is 0 Å². The van der Waals surface area contributed by atoms with Crippen molar-refractivity contribution >= 4 is 11.3 Å². The van der Waals surface area contributed by atoms with Crippen LogP contribution in [-0.4, -0.2) is 7.05 Å². The molecule has 0 amide bonds. The molecule has 0 saturated carbocycles. The van der Waals surface area contributed by atoms with E-state index in [-0.39, 0.29) is 6.04 Å². The highest BCUT2D eigenvalue weighted by Gasteiger charge is 2.12. The van der Waals surface area contributed by atoms with Crippen LogP contribution in [0.25, 0.3) is 0 Å². The molecule has 84 valence electrons. The second-order valence-corrected chi connectivity index (χ2v) is 4.66. The lowest BCUT2D eigenvalue weighted by Crippen LogP contribution is -2.16. The minimum atomic E-state index is 0.284. The van der Waals surface area contributed by atoms with Crippen LogP contribution in [0.1, 0.15) is 22.0 Å². The van der Waals surface area contributed by atoms with E-state index in [0.717, 1.165) is 0 Å². The number of nitrogens with two attached hydrogens (primary N) is 1. The molecular formula is C13H16N2S. The van der Waals surface area contributed by atoms with Crippen LogP contribution in [-0.2, 0) is 6.54 Å². The van der Waals surface area contributed by atoms with Gasteiger partial charge in [0, 0.05) is 11.4 Å². The van der Waals surface area contributed by atoms with Gasteiger partial charge in [0.25, 0.3) is 0 Å². The molecule has 0 aliphatic rings. The van der Waals surface area contributed by atoms with E-state index >= 15 is 0 Å². The normalized spacial score (nSPS) is 12.6. The predicted molar refractivity (Wildman–Crippen MR) is 69.6 cm³/mol. The van der Waals surface area contributed by atoms with Crippen molar-refractivity contribution in [1.29, 1.82) is 0 Å². The maximum absolute atomic E-state index is 5.59. The Kier molecular flexibility index (Phi) is 3.72. The fourth-order valence-corrected chi connectivity index (χ4v) is 2.64. The van der Waals surface area contributed by atoms with Gasteiger partial charge >= 0.3 is 0 Å². The Labute approximate surface area is 100 Å². The molecule has 3 heteroatoms. The molecule has 1 atom stereocenters. The van der Waals surface area contributed by atoms with E-state index in [2.05, 4.69) is 47.1 Å². The number of nitrogens with one attached hydrogen (secondary N) is 1. The summed E-state index contributed by atoms with van der Waals surface area (Å²) >= 11 is 1.77. The molecular weight excluding hydrogens is 216 g/mol. The van der Waals surface area contributed by atoms with Crippen LogP contribution in [0, 0.1) is 0 Å². The van der Waals surface area contributed by atoms with Gasteiger partial charge < -0.3 is 11.1 Å². The van der Waals surface area contributed by atoms with Gasteiger partial charge in [-0.2, -0.15) is 0 Å². The van der Waals surface area contributed by atoms with E-state index < -0.39 is 0 Å². The molecule has 3 N–H and O–H groups in total. The quantitative estimate of drug-likeness (QED) is 0.850. The molecule has 1 heterocycles. The Morgan fingerprint density at radius 3 is 2.50 bits per heavy atom. The summed E-state index contributed by atoms with van der Waals surface area (Å²) in [5.41, 5.74) is 8.04. The van der Waals surface area contributed by atoms with Crippen LogP contribution in [0.3, 0.4) is 0 Å². The third-order valence-electron chi connectivity index (χ3n) is 2.67. The van der Waals surface area contributed by atoms with Gasteiger partial charge in [0.1, 0.15) is 0 Å². The zero-order valence-corrected chi connectivity index (χ0v) is 10.1. The number of benzene rings is 1. The highest BCUT2D eigenvalue weighted by molar-refractivity contribution is 7.10. The summed E-state index contributed by atoms with van der Waals surface area (Å²) in [5, 5.41) is 5.44. The molecule has 0 aliphatic heterocycles. The van der Waals surface area contributed by atoms with Gasteiger partial charge in [0.15, 0.2) is 0 Å². The summed E-state index contributed by atoms with van der Waals surface area (Å²) in [6.07, 6.45) is 0. The molecule has 0 saturated heterocycles.